The largest absolute Gasteiger partial charge is 0.497 e. The number of fused-ring (bicyclic) bond motifs is 1. The summed E-state index contributed by atoms with van der Waals surface area (Å²) in [6.45, 7) is 8.27. The number of methoxy groups -OCH3 is 2. The number of carbonyl (C=O) groups is 1. The minimum absolute atomic E-state index is 0.147. The molecule has 0 radical (unpaired) electrons. The third-order valence-electron chi connectivity index (χ3n) is 6.52. The number of aromatic nitrogens is 2. The van der Waals surface area contributed by atoms with Gasteiger partial charge in [0.05, 0.1) is 42.5 Å². The van der Waals surface area contributed by atoms with Crippen molar-refractivity contribution < 1.29 is 14.3 Å². The maximum atomic E-state index is 13.9. The third kappa shape index (κ3) is 5.86. The zero-order valence-corrected chi connectivity index (χ0v) is 23.7. The average molecular weight is 549 g/mol. The van der Waals surface area contributed by atoms with Crippen LogP contribution in [0.4, 0.5) is 10.5 Å². The van der Waals surface area contributed by atoms with Crippen LogP contribution >= 0.6 is 11.6 Å². The smallest absolute Gasteiger partial charge is 0.322 e. The fraction of sp³-hybridized carbons (Fsp3) is 0.300. The van der Waals surface area contributed by atoms with Crippen LogP contribution in [0.1, 0.15) is 38.2 Å². The van der Waals surface area contributed by atoms with Crippen molar-refractivity contribution in [1.82, 2.24) is 14.5 Å². The highest BCUT2D eigenvalue weighted by atomic mass is 35.5. The molecule has 0 bridgehead atoms. The van der Waals surface area contributed by atoms with Crippen LogP contribution in [0.3, 0.4) is 0 Å². The van der Waals surface area contributed by atoms with Gasteiger partial charge in [-0.2, -0.15) is 0 Å². The molecule has 8 nitrogen and oxygen atoms in total. The fourth-order valence-corrected chi connectivity index (χ4v) is 4.80. The summed E-state index contributed by atoms with van der Waals surface area (Å²) in [5.74, 6) is 1.67. The molecule has 1 unspecified atom stereocenters. The van der Waals surface area contributed by atoms with Gasteiger partial charge in [0.2, 0.25) is 0 Å². The van der Waals surface area contributed by atoms with Crippen molar-refractivity contribution >= 4 is 34.2 Å². The van der Waals surface area contributed by atoms with E-state index in [-0.39, 0.29) is 17.5 Å². The number of aryl methyl sites for hydroxylation is 1. The molecule has 1 aromatic heterocycles. The first-order valence-corrected chi connectivity index (χ1v) is 13.1. The Hall–Kier alpha value is -4.04. The molecule has 39 heavy (non-hydrogen) atoms. The number of urea groups is 1. The van der Waals surface area contributed by atoms with Gasteiger partial charge in [-0.1, -0.05) is 37.6 Å². The second-order valence-electron chi connectivity index (χ2n) is 9.78. The summed E-state index contributed by atoms with van der Waals surface area (Å²) < 4.78 is 12.3. The molecule has 0 aliphatic carbocycles. The molecule has 0 fully saturated rings. The van der Waals surface area contributed by atoms with E-state index in [2.05, 4.69) is 5.32 Å². The quantitative estimate of drug-likeness (QED) is 0.267. The van der Waals surface area contributed by atoms with E-state index in [0.29, 0.717) is 51.2 Å². The highest BCUT2D eigenvalue weighted by Gasteiger charge is 2.28. The Bertz CT molecular complexity index is 1570. The summed E-state index contributed by atoms with van der Waals surface area (Å²) in [6, 6.07) is 16.9. The van der Waals surface area contributed by atoms with Crippen molar-refractivity contribution in [3.8, 4) is 17.2 Å². The minimum Gasteiger partial charge on any atom is -0.497 e. The van der Waals surface area contributed by atoms with Gasteiger partial charge in [0.15, 0.2) is 0 Å². The molecule has 1 heterocycles. The molecule has 0 spiro atoms. The van der Waals surface area contributed by atoms with E-state index in [1.54, 1.807) is 59.0 Å². The van der Waals surface area contributed by atoms with Crippen molar-refractivity contribution in [3.63, 3.8) is 0 Å². The molecule has 4 rings (SSSR count). The number of anilines is 1. The first kappa shape index (κ1) is 28.0. The summed E-state index contributed by atoms with van der Waals surface area (Å²) in [7, 11) is 3.10. The molecule has 0 saturated carbocycles. The van der Waals surface area contributed by atoms with Crippen LogP contribution in [0.2, 0.25) is 5.02 Å². The lowest BCUT2D eigenvalue weighted by atomic mass is 10.1. The molecular weight excluding hydrogens is 516 g/mol. The average Bonchev–Trinajstić information content (AvgIpc) is 2.92. The normalized spacial score (nSPS) is 11.9. The SMILES string of the molecule is COc1ccc(NC(=O)N(CC(C)C)C(C)c2nc3ccccc3c(=O)n2-c2ccc(Cl)cc2C)c(OC)c1. The number of amides is 2. The second kappa shape index (κ2) is 11.8. The van der Waals surface area contributed by atoms with Crippen LogP contribution in [0.5, 0.6) is 11.5 Å². The molecule has 4 aromatic rings. The van der Waals surface area contributed by atoms with Crippen molar-refractivity contribution in [3.05, 3.63) is 87.4 Å². The molecule has 1 N–H and O–H groups in total. The van der Waals surface area contributed by atoms with Crippen molar-refractivity contribution in [2.75, 3.05) is 26.1 Å². The minimum atomic E-state index is -0.566. The number of carbonyl (C=O) groups excluding carboxylic acids is 1. The number of nitrogens with zero attached hydrogens (tertiary/aromatic N) is 3. The molecule has 3 aromatic carbocycles. The van der Waals surface area contributed by atoms with Crippen LogP contribution in [0.15, 0.2) is 65.5 Å². The highest BCUT2D eigenvalue weighted by Crippen LogP contribution is 2.31. The van der Waals surface area contributed by atoms with Gasteiger partial charge in [-0.15, -0.1) is 0 Å². The van der Waals surface area contributed by atoms with Gasteiger partial charge in [0.25, 0.3) is 5.56 Å². The van der Waals surface area contributed by atoms with Crippen LogP contribution in [0, 0.1) is 12.8 Å². The van der Waals surface area contributed by atoms with Gasteiger partial charge in [0.1, 0.15) is 17.3 Å². The molecule has 0 saturated heterocycles. The van der Waals surface area contributed by atoms with Gasteiger partial charge >= 0.3 is 6.03 Å². The molecular formula is C30H33ClN4O4. The van der Waals surface area contributed by atoms with Gasteiger partial charge in [-0.05, 0) is 67.8 Å². The predicted octanol–water partition coefficient (Wildman–Crippen LogP) is 6.62. The van der Waals surface area contributed by atoms with E-state index in [1.165, 1.54) is 7.11 Å². The molecule has 1 atom stereocenters. The van der Waals surface area contributed by atoms with Crippen LogP contribution < -0.4 is 20.3 Å². The summed E-state index contributed by atoms with van der Waals surface area (Å²) in [5, 5.41) is 4.04. The maximum absolute atomic E-state index is 13.9. The molecule has 9 heteroatoms. The number of hydrogen-bond donors (Lipinski definition) is 1. The standard InChI is InChI=1S/C30H33ClN4O4/c1-18(2)17-34(30(37)33-25-13-12-22(38-5)16-27(25)39-6)20(4)28-32-24-10-8-7-9-23(24)29(36)35(28)26-14-11-21(31)15-19(26)3/h7-16,18,20H,17H2,1-6H3,(H,33,37). The Morgan fingerprint density at radius 2 is 1.79 bits per heavy atom. The van der Waals surface area contributed by atoms with Gasteiger partial charge in [-0.3, -0.25) is 9.36 Å². The predicted molar refractivity (Wildman–Crippen MR) is 156 cm³/mol. The topological polar surface area (TPSA) is 85.7 Å². The monoisotopic (exact) mass is 548 g/mol. The number of ether oxygens (including phenoxy) is 2. The lowest BCUT2D eigenvalue weighted by molar-refractivity contribution is 0.179. The van der Waals surface area contributed by atoms with Crippen molar-refractivity contribution in [1.29, 1.82) is 0 Å². The van der Waals surface area contributed by atoms with E-state index in [0.717, 1.165) is 5.56 Å². The van der Waals surface area contributed by atoms with E-state index < -0.39 is 6.04 Å². The van der Waals surface area contributed by atoms with E-state index >= 15 is 0 Å². The lowest BCUT2D eigenvalue weighted by Crippen LogP contribution is -2.42. The number of rotatable bonds is 8. The Kier molecular flexibility index (Phi) is 8.45. The third-order valence-corrected chi connectivity index (χ3v) is 6.75. The van der Waals surface area contributed by atoms with E-state index in [9.17, 15) is 9.59 Å². The van der Waals surface area contributed by atoms with Crippen LogP contribution in [-0.2, 0) is 0 Å². The maximum Gasteiger partial charge on any atom is 0.322 e. The molecule has 204 valence electrons. The number of hydrogen-bond acceptors (Lipinski definition) is 5. The number of benzene rings is 3. The van der Waals surface area contributed by atoms with Crippen molar-refractivity contribution in [2.45, 2.75) is 33.7 Å². The summed E-state index contributed by atoms with van der Waals surface area (Å²) in [6.07, 6.45) is 0. The first-order valence-electron chi connectivity index (χ1n) is 12.7. The summed E-state index contributed by atoms with van der Waals surface area (Å²) in [5.41, 5.74) is 2.33. The Balaban J connectivity index is 1.85. The van der Waals surface area contributed by atoms with Gasteiger partial charge in [-0.25, -0.2) is 9.78 Å². The van der Waals surface area contributed by atoms with Crippen LogP contribution in [0.25, 0.3) is 16.6 Å². The fourth-order valence-electron chi connectivity index (χ4n) is 4.57. The zero-order chi connectivity index (χ0) is 28.3. The second-order valence-corrected chi connectivity index (χ2v) is 10.2. The van der Waals surface area contributed by atoms with E-state index in [4.69, 9.17) is 26.1 Å². The number of para-hydroxylation sites is 1. The Labute approximate surface area is 233 Å². The summed E-state index contributed by atoms with van der Waals surface area (Å²) >= 11 is 6.23. The first-order chi connectivity index (χ1) is 18.6. The van der Waals surface area contributed by atoms with Gasteiger partial charge < -0.3 is 19.7 Å². The highest BCUT2D eigenvalue weighted by molar-refractivity contribution is 6.30. The van der Waals surface area contributed by atoms with Crippen LogP contribution in [-0.4, -0.2) is 41.2 Å². The molecule has 0 aliphatic rings. The summed E-state index contributed by atoms with van der Waals surface area (Å²) in [4.78, 5) is 34.3. The molecule has 2 amide bonds. The Morgan fingerprint density at radius 3 is 2.46 bits per heavy atom. The Morgan fingerprint density at radius 1 is 1.05 bits per heavy atom. The van der Waals surface area contributed by atoms with Crippen molar-refractivity contribution in [2.24, 2.45) is 5.92 Å². The van der Waals surface area contributed by atoms with E-state index in [1.807, 2.05) is 45.9 Å². The zero-order valence-electron chi connectivity index (χ0n) is 23.0. The number of halogens is 1. The van der Waals surface area contributed by atoms with Gasteiger partial charge in [0, 0.05) is 17.6 Å². The molecule has 0 aliphatic heterocycles. The number of nitrogens with one attached hydrogen (secondary N) is 1. The lowest BCUT2D eigenvalue weighted by Gasteiger charge is -2.32.